The number of benzene rings is 2. The molecule has 1 aliphatic heterocycles. The van der Waals surface area contributed by atoms with Crippen LogP contribution in [0.1, 0.15) is 24.0 Å². The fourth-order valence-corrected chi connectivity index (χ4v) is 3.85. The third-order valence-electron chi connectivity index (χ3n) is 5.64. The molecule has 2 aromatic rings. The molecular formula is C23H31FIN3O2. The van der Waals surface area contributed by atoms with Crippen molar-refractivity contribution in [2.24, 2.45) is 4.99 Å². The Bertz CT molecular complexity index is 806. The molecule has 1 saturated heterocycles. The van der Waals surface area contributed by atoms with Gasteiger partial charge in [0.05, 0.1) is 7.11 Å². The number of methoxy groups -OCH3 is 1. The molecule has 1 fully saturated rings. The molecule has 0 atom stereocenters. The van der Waals surface area contributed by atoms with E-state index in [0.717, 1.165) is 49.9 Å². The van der Waals surface area contributed by atoms with Gasteiger partial charge in [-0.2, -0.15) is 0 Å². The second kappa shape index (κ2) is 11.5. The Labute approximate surface area is 195 Å². The summed E-state index contributed by atoms with van der Waals surface area (Å²) in [6.45, 7) is 2.91. The first-order valence-corrected chi connectivity index (χ1v) is 9.95. The van der Waals surface area contributed by atoms with Crippen LogP contribution in [-0.2, 0) is 16.7 Å². The van der Waals surface area contributed by atoms with Crippen molar-refractivity contribution in [2.75, 3.05) is 41.0 Å². The van der Waals surface area contributed by atoms with Gasteiger partial charge >= 0.3 is 0 Å². The maximum absolute atomic E-state index is 13.2. The van der Waals surface area contributed by atoms with Gasteiger partial charge in [-0.3, -0.25) is 4.99 Å². The summed E-state index contributed by atoms with van der Waals surface area (Å²) in [5.74, 6) is 1.45. The van der Waals surface area contributed by atoms with Crippen molar-refractivity contribution in [3.8, 4) is 5.75 Å². The Morgan fingerprint density at radius 1 is 1.13 bits per heavy atom. The third kappa shape index (κ3) is 6.07. The van der Waals surface area contributed by atoms with Crippen LogP contribution in [0.5, 0.6) is 5.75 Å². The van der Waals surface area contributed by atoms with Crippen molar-refractivity contribution in [2.45, 2.75) is 24.8 Å². The number of halogens is 2. The third-order valence-corrected chi connectivity index (χ3v) is 5.64. The molecule has 0 amide bonds. The minimum absolute atomic E-state index is 0. The quantitative estimate of drug-likeness (QED) is 0.348. The number of hydrogen-bond donors (Lipinski definition) is 1. The molecule has 0 saturated carbocycles. The first-order chi connectivity index (χ1) is 14.1. The summed E-state index contributed by atoms with van der Waals surface area (Å²) in [6, 6.07) is 14.9. The molecule has 3 rings (SSSR count). The van der Waals surface area contributed by atoms with Crippen LogP contribution < -0.4 is 10.1 Å². The van der Waals surface area contributed by atoms with Gasteiger partial charge in [-0.15, -0.1) is 24.0 Å². The molecule has 7 heteroatoms. The lowest BCUT2D eigenvalue weighted by molar-refractivity contribution is 0.0512. The first kappa shape index (κ1) is 24.4. The number of hydrogen-bond acceptors (Lipinski definition) is 3. The van der Waals surface area contributed by atoms with E-state index in [4.69, 9.17) is 9.47 Å². The highest BCUT2D eigenvalue weighted by Crippen LogP contribution is 2.35. The van der Waals surface area contributed by atoms with Crippen molar-refractivity contribution in [3.05, 3.63) is 65.5 Å². The zero-order chi connectivity index (χ0) is 20.7. The Morgan fingerprint density at radius 2 is 1.77 bits per heavy atom. The number of nitrogens with one attached hydrogen (secondary N) is 1. The largest absolute Gasteiger partial charge is 0.497 e. The van der Waals surface area contributed by atoms with Gasteiger partial charge in [0, 0.05) is 45.8 Å². The standard InChI is InChI=1S/C23H30FN3O2.HI/c1-25-22(27(2)16-18-4-8-20(24)9-5-18)26-17-23(12-14-29-15-13-23)19-6-10-21(28-3)11-7-19;/h4-11H,12-17H2,1-3H3,(H,25,26);1H. The van der Waals surface area contributed by atoms with E-state index in [0.29, 0.717) is 6.54 Å². The van der Waals surface area contributed by atoms with E-state index in [-0.39, 0.29) is 35.2 Å². The van der Waals surface area contributed by atoms with Crippen LogP contribution in [0.15, 0.2) is 53.5 Å². The minimum atomic E-state index is -0.222. The lowest BCUT2D eigenvalue weighted by Gasteiger charge is -2.39. The topological polar surface area (TPSA) is 46.1 Å². The molecule has 0 bridgehead atoms. The predicted octanol–water partition coefficient (Wildman–Crippen LogP) is 4.21. The number of aliphatic imine (C=N–C) groups is 1. The molecule has 0 unspecified atom stereocenters. The van der Waals surface area contributed by atoms with E-state index in [1.165, 1.54) is 17.7 Å². The SMILES string of the molecule is CN=C(NCC1(c2ccc(OC)cc2)CCOCC1)N(C)Cc1ccc(F)cc1.I. The Morgan fingerprint density at radius 3 is 2.33 bits per heavy atom. The van der Waals surface area contributed by atoms with Gasteiger partial charge in [0.25, 0.3) is 0 Å². The molecule has 1 N–H and O–H groups in total. The van der Waals surface area contributed by atoms with Crippen LogP contribution in [0.4, 0.5) is 4.39 Å². The van der Waals surface area contributed by atoms with Crippen LogP contribution in [0.25, 0.3) is 0 Å². The van der Waals surface area contributed by atoms with Crippen LogP contribution >= 0.6 is 24.0 Å². The molecule has 30 heavy (non-hydrogen) atoms. The highest BCUT2D eigenvalue weighted by molar-refractivity contribution is 14.0. The van der Waals surface area contributed by atoms with E-state index in [9.17, 15) is 4.39 Å². The van der Waals surface area contributed by atoms with E-state index in [2.05, 4.69) is 22.4 Å². The van der Waals surface area contributed by atoms with E-state index < -0.39 is 0 Å². The summed E-state index contributed by atoms with van der Waals surface area (Å²) >= 11 is 0. The smallest absolute Gasteiger partial charge is 0.193 e. The van der Waals surface area contributed by atoms with Gasteiger partial charge in [0.1, 0.15) is 11.6 Å². The van der Waals surface area contributed by atoms with Crippen molar-refractivity contribution >= 4 is 29.9 Å². The van der Waals surface area contributed by atoms with Crippen LogP contribution in [0, 0.1) is 5.82 Å². The van der Waals surface area contributed by atoms with Crippen LogP contribution in [-0.4, -0.2) is 51.8 Å². The average molecular weight is 527 g/mol. The lowest BCUT2D eigenvalue weighted by Crippen LogP contribution is -2.48. The summed E-state index contributed by atoms with van der Waals surface area (Å²) in [6.07, 6.45) is 1.90. The van der Waals surface area contributed by atoms with E-state index in [1.807, 2.05) is 24.1 Å². The van der Waals surface area contributed by atoms with Crippen molar-refractivity contribution in [3.63, 3.8) is 0 Å². The molecule has 1 heterocycles. The second-order valence-corrected chi connectivity index (χ2v) is 7.50. The zero-order valence-electron chi connectivity index (χ0n) is 17.9. The van der Waals surface area contributed by atoms with Crippen LogP contribution in [0.2, 0.25) is 0 Å². The highest BCUT2D eigenvalue weighted by atomic mass is 127. The molecule has 0 spiro atoms. The fourth-order valence-electron chi connectivity index (χ4n) is 3.85. The van der Waals surface area contributed by atoms with Gasteiger partial charge in [-0.1, -0.05) is 24.3 Å². The number of ether oxygens (including phenoxy) is 2. The summed E-state index contributed by atoms with van der Waals surface area (Å²) < 4.78 is 24.1. The predicted molar refractivity (Wildman–Crippen MR) is 129 cm³/mol. The van der Waals surface area contributed by atoms with Gasteiger partial charge in [-0.25, -0.2) is 4.39 Å². The zero-order valence-corrected chi connectivity index (χ0v) is 20.2. The molecule has 1 aliphatic rings. The molecular weight excluding hydrogens is 496 g/mol. The van der Waals surface area contributed by atoms with Crippen molar-refractivity contribution in [1.29, 1.82) is 0 Å². The molecule has 0 aliphatic carbocycles. The van der Waals surface area contributed by atoms with E-state index >= 15 is 0 Å². The Hall–Kier alpha value is -1.87. The summed E-state index contributed by atoms with van der Waals surface area (Å²) in [5, 5.41) is 3.55. The second-order valence-electron chi connectivity index (χ2n) is 7.50. The molecule has 0 aromatic heterocycles. The normalized spacial score (nSPS) is 15.8. The van der Waals surface area contributed by atoms with Gasteiger partial charge in [0.2, 0.25) is 0 Å². The lowest BCUT2D eigenvalue weighted by atomic mass is 9.74. The van der Waals surface area contributed by atoms with Crippen molar-refractivity contribution in [1.82, 2.24) is 10.2 Å². The monoisotopic (exact) mass is 527 g/mol. The van der Waals surface area contributed by atoms with Gasteiger partial charge < -0.3 is 19.7 Å². The molecule has 5 nitrogen and oxygen atoms in total. The summed E-state index contributed by atoms with van der Waals surface area (Å²) in [7, 11) is 5.46. The summed E-state index contributed by atoms with van der Waals surface area (Å²) in [5.41, 5.74) is 2.30. The van der Waals surface area contributed by atoms with E-state index in [1.54, 1.807) is 26.3 Å². The minimum Gasteiger partial charge on any atom is -0.497 e. The number of nitrogens with zero attached hydrogens (tertiary/aromatic N) is 2. The highest BCUT2D eigenvalue weighted by Gasteiger charge is 2.35. The van der Waals surface area contributed by atoms with Gasteiger partial charge in [0.15, 0.2) is 5.96 Å². The van der Waals surface area contributed by atoms with Gasteiger partial charge in [-0.05, 0) is 48.2 Å². The fraction of sp³-hybridized carbons (Fsp3) is 0.435. The number of guanidine groups is 1. The van der Waals surface area contributed by atoms with Crippen LogP contribution in [0.3, 0.4) is 0 Å². The number of rotatable bonds is 6. The first-order valence-electron chi connectivity index (χ1n) is 9.95. The summed E-state index contributed by atoms with van der Waals surface area (Å²) in [4.78, 5) is 6.49. The average Bonchev–Trinajstić information content (AvgIpc) is 2.76. The Balaban J connectivity index is 0.00000320. The Kier molecular flexibility index (Phi) is 9.36. The maximum atomic E-state index is 13.2. The maximum Gasteiger partial charge on any atom is 0.193 e. The molecule has 164 valence electrons. The van der Waals surface area contributed by atoms with Crippen molar-refractivity contribution < 1.29 is 13.9 Å². The molecule has 2 aromatic carbocycles. The molecule has 0 radical (unpaired) electrons.